The molecule has 0 spiro atoms. The summed E-state index contributed by atoms with van der Waals surface area (Å²) in [6.07, 6.45) is 2.99. The van der Waals surface area contributed by atoms with E-state index in [1.54, 1.807) is 6.92 Å². The molecule has 1 amide bonds. The van der Waals surface area contributed by atoms with Gasteiger partial charge in [0, 0.05) is 6.04 Å². The highest BCUT2D eigenvalue weighted by Crippen LogP contribution is 2.37. The van der Waals surface area contributed by atoms with E-state index in [4.69, 9.17) is 23.2 Å². The van der Waals surface area contributed by atoms with Crippen LogP contribution < -0.4 is 5.32 Å². The van der Waals surface area contributed by atoms with Crippen LogP contribution in [0.3, 0.4) is 0 Å². The fourth-order valence-electron chi connectivity index (χ4n) is 2.55. The highest BCUT2D eigenvalue weighted by atomic mass is 35.5. The Labute approximate surface area is 131 Å². The van der Waals surface area contributed by atoms with Gasteiger partial charge in [-0.2, -0.15) is 0 Å². The molecule has 2 rings (SSSR count). The molecule has 7 heteroatoms. The van der Waals surface area contributed by atoms with Crippen LogP contribution in [0.2, 0.25) is 8.67 Å². The summed E-state index contributed by atoms with van der Waals surface area (Å²) in [5.74, 6) is -1.24. The minimum Gasteiger partial charge on any atom is -0.481 e. The molecule has 0 aliphatic heterocycles. The van der Waals surface area contributed by atoms with Crippen molar-refractivity contribution in [3.05, 3.63) is 20.3 Å². The molecule has 0 radical (unpaired) electrons. The quantitative estimate of drug-likeness (QED) is 0.882. The number of nitrogens with one attached hydrogen (secondary N) is 1. The topological polar surface area (TPSA) is 66.4 Å². The Morgan fingerprint density at radius 3 is 2.70 bits per heavy atom. The molecule has 2 unspecified atom stereocenters. The first-order valence-corrected chi connectivity index (χ1v) is 7.91. The average molecular weight is 336 g/mol. The van der Waals surface area contributed by atoms with Crippen molar-refractivity contribution in [2.24, 2.45) is 5.41 Å². The van der Waals surface area contributed by atoms with Crippen molar-refractivity contribution in [2.75, 3.05) is 0 Å². The van der Waals surface area contributed by atoms with Crippen LogP contribution in [-0.4, -0.2) is 23.0 Å². The number of hydrogen-bond acceptors (Lipinski definition) is 3. The molecular formula is C13H15Cl2NO3S. The van der Waals surface area contributed by atoms with Gasteiger partial charge in [-0.1, -0.05) is 36.0 Å². The van der Waals surface area contributed by atoms with Crippen molar-refractivity contribution in [3.8, 4) is 0 Å². The van der Waals surface area contributed by atoms with E-state index in [0.29, 0.717) is 27.1 Å². The van der Waals surface area contributed by atoms with Gasteiger partial charge in [-0.15, -0.1) is 11.3 Å². The van der Waals surface area contributed by atoms with Crippen molar-refractivity contribution < 1.29 is 14.7 Å². The number of hydrogen-bond donors (Lipinski definition) is 2. The van der Waals surface area contributed by atoms with Crippen LogP contribution >= 0.6 is 34.5 Å². The predicted octanol–water partition coefficient (Wildman–Crippen LogP) is 3.82. The molecule has 20 heavy (non-hydrogen) atoms. The molecule has 2 atom stereocenters. The summed E-state index contributed by atoms with van der Waals surface area (Å²) in [6, 6.07) is 1.11. The maximum atomic E-state index is 12.2. The van der Waals surface area contributed by atoms with E-state index < -0.39 is 17.4 Å². The number of carbonyl (C=O) groups is 2. The number of aliphatic carboxylic acids is 1. The number of rotatable bonds is 3. The van der Waals surface area contributed by atoms with E-state index in [1.165, 1.54) is 6.07 Å². The summed E-state index contributed by atoms with van der Waals surface area (Å²) in [6.45, 7) is 1.68. The predicted molar refractivity (Wildman–Crippen MR) is 79.8 cm³/mol. The van der Waals surface area contributed by atoms with Gasteiger partial charge in [0.25, 0.3) is 5.91 Å². The van der Waals surface area contributed by atoms with Crippen molar-refractivity contribution in [1.82, 2.24) is 5.32 Å². The van der Waals surface area contributed by atoms with E-state index in [9.17, 15) is 14.7 Å². The first kappa shape index (κ1) is 15.6. The Hall–Kier alpha value is -0.780. The van der Waals surface area contributed by atoms with E-state index in [1.807, 2.05) is 0 Å². The molecule has 0 aromatic carbocycles. The van der Waals surface area contributed by atoms with Gasteiger partial charge in [0.05, 0.1) is 15.3 Å². The number of halogens is 2. The third-order valence-corrected chi connectivity index (χ3v) is 5.39. The Morgan fingerprint density at radius 1 is 1.45 bits per heavy atom. The second-order valence-corrected chi connectivity index (χ2v) is 7.52. The first-order chi connectivity index (χ1) is 9.34. The Bertz CT molecular complexity index is 546. The van der Waals surface area contributed by atoms with Gasteiger partial charge in [-0.3, -0.25) is 9.59 Å². The van der Waals surface area contributed by atoms with Crippen LogP contribution in [0.25, 0.3) is 0 Å². The smallest absolute Gasteiger partial charge is 0.311 e. The number of carbonyl (C=O) groups excluding carboxylic acids is 1. The molecule has 1 saturated carbocycles. The number of thiophene rings is 1. The highest BCUT2D eigenvalue weighted by Gasteiger charge is 2.44. The molecule has 1 fully saturated rings. The van der Waals surface area contributed by atoms with E-state index in [2.05, 4.69) is 5.32 Å². The summed E-state index contributed by atoms with van der Waals surface area (Å²) < 4.78 is 0.755. The zero-order valence-corrected chi connectivity index (χ0v) is 13.2. The van der Waals surface area contributed by atoms with Crippen LogP contribution in [0, 0.1) is 5.41 Å². The van der Waals surface area contributed by atoms with Gasteiger partial charge < -0.3 is 10.4 Å². The summed E-state index contributed by atoms with van der Waals surface area (Å²) in [7, 11) is 0. The maximum Gasteiger partial charge on any atom is 0.311 e. The molecule has 0 saturated heterocycles. The molecule has 1 heterocycles. The largest absolute Gasteiger partial charge is 0.481 e. The third kappa shape index (κ3) is 2.95. The molecule has 1 aromatic heterocycles. The lowest BCUT2D eigenvalue weighted by molar-refractivity contribution is -0.151. The summed E-state index contributed by atoms with van der Waals surface area (Å²) in [4.78, 5) is 23.7. The van der Waals surface area contributed by atoms with Gasteiger partial charge in [-0.05, 0) is 25.8 Å². The Balaban J connectivity index is 2.17. The van der Waals surface area contributed by atoms with E-state index in [0.717, 1.165) is 24.2 Å². The standard InChI is InChI=1S/C13H15Cl2NO3S/c1-13(12(18)19)5-3-2-4-8(13)16-11(17)7-6-9(14)20-10(7)15/h6,8H,2-5H2,1H3,(H,16,17)(H,18,19). The van der Waals surface area contributed by atoms with Gasteiger partial charge in [0.2, 0.25) is 0 Å². The van der Waals surface area contributed by atoms with Crippen LogP contribution in [0.4, 0.5) is 0 Å². The molecule has 1 aliphatic carbocycles. The summed E-state index contributed by atoms with van der Waals surface area (Å²) in [5, 5.41) is 12.2. The summed E-state index contributed by atoms with van der Waals surface area (Å²) in [5.41, 5.74) is -0.625. The maximum absolute atomic E-state index is 12.2. The molecule has 2 N–H and O–H groups in total. The van der Waals surface area contributed by atoms with Crippen molar-refractivity contribution >= 4 is 46.4 Å². The van der Waals surface area contributed by atoms with Crippen LogP contribution in [0.15, 0.2) is 6.07 Å². The normalized spacial score (nSPS) is 26.2. The molecule has 1 aliphatic rings. The molecule has 0 bridgehead atoms. The van der Waals surface area contributed by atoms with E-state index >= 15 is 0 Å². The van der Waals surface area contributed by atoms with Gasteiger partial charge in [-0.25, -0.2) is 0 Å². The molecule has 1 aromatic rings. The SMILES string of the molecule is CC1(C(=O)O)CCCCC1NC(=O)c1cc(Cl)sc1Cl. The molecular weight excluding hydrogens is 321 g/mol. The van der Waals surface area contributed by atoms with Crippen LogP contribution in [-0.2, 0) is 4.79 Å². The van der Waals surface area contributed by atoms with E-state index in [-0.39, 0.29) is 5.91 Å². The lowest BCUT2D eigenvalue weighted by Gasteiger charge is -2.38. The van der Waals surface area contributed by atoms with Gasteiger partial charge in [0.1, 0.15) is 4.34 Å². The van der Waals surface area contributed by atoms with Crippen molar-refractivity contribution in [1.29, 1.82) is 0 Å². The minimum absolute atomic E-state index is 0.306. The average Bonchev–Trinajstić information content (AvgIpc) is 2.71. The van der Waals surface area contributed by atoms with Crippen molar-refractivity contribution in [2.45, 2.75) is 38.6 Å². The van der Waals surface area contributed by atoms with Gasteiger partial charge >= 0.3 is 5.97 Å². The highest BCUT2D eigenvalue weighted by molar-refractivity contribution is 7.20. The fourth-order valence-corrected chi connectivity index (χ4v) is 4.01. The Morgan fingerprint density at radius 2 is 2.15 bits per heavy atom. The van der Waals surface area contributed by atoms with Crippen LogP contribution in [0.5, 0.6) is 0 Å². The number of amides is 1. The van der Waals surface area contributed by atoms with Crippen molar-refractivity contribution in [3.63, 3.8) is 0 Å². The Kier molecular flexibility index (Phi) is 4.62. The monoisotopic (exact) mass is 335 g/mol. The summed E-state index contributed by atoms with van der Waals surface area (Å²) >= 11 is 12.9. The third-order valence-electron chi connectivity index (χ3n) is 3.90. The zero-order valence-electron chi connectivity index (χ0n) is 10.9. The zero-order chi connectivity index (χ0) is 14.9. The second-order valence-electron chi connectivity index (χ2n) is 5.23. The molecule has 110 valence electrons. The second kappa shape index (κ2) is 5.92. The lowest BCUT2D eigenvalue weighted by atomic mass is 9.71. The fraction of sp³-hybridized carbons (Fsp3) is 0.538. The first-order valence-electron chi connectivity index (χ1n) is 6.33. The number of carboxylic acid groups (broad SMARTS) is 1. The minimum atomic E-state index is -0.930. The molecule has 4 nitrogen and oxygen atoms in total. The lowest BCUT2D eigenvalue weighted by Crippen LogP contribution is -2.52. The van der Waals surface area contributed by atoms with Gasteiger partial charge in [0.15, 0.2) is 0 Å². The number of carboxylic acids is 1. The van der Waals surface area contributed by atoms with Crippen LogP contribution in [0.1, 0.15) is 43.0 Å².